The van der Waals surface area contributed by atoms with E-state index < -0.39 is 5.97 Å². The van der Waals surface area contributed by atoms with E-state index in [1.165, 1.54) is 6.07 Å². The number of nitrogens with two attached hydrogens (primary N) is 1. The minimum absolute atomic E-state index is 0.239. The molecule has 2 N–H and O–H groups in total. The van der Waals surface area contributed by atoms with Crippen LogP contribution in [0.15, 0.2) is 42.5 Å². The van der Waals surface area contributed by atoms with Crippen LogP contribution in [-0.4, -0.2) is 5.97 Å². The zero-order valence-electron chi connectivity index (χ0n) is 10.5. The molecule has 2 rings (SSSR count). The summed E-state index contributed by atoms with van der Waals surface area (Å²) in [5.41, 5.74) is 8.49. The first-order chi connectivity index (χ1) is 9.06. The van der Waals surface area contributed by atoms with Crippen molar-refractivity contribution < 1.29 is 9.53 Å². The van der Waals surface area contributed by atoms with Gasteiger partial charge in [-0.05, 0) is 30.7 Å². The minimum atomic E-state index is -0.412. The van der Waals surface area contributed by atoms with E-state index in [1.54, 1.807) is 12.1 Å². The van der Waals surface area contributed by atoms with Crippen molar-refractivity contribution in [3.05, 3.63) is 64.2 Å². The van der Waals surface area contributed by atoms with E-state index in [0.29, 0.717) is 16.3 Å². The van der Waals surface area contributed by atoms with Gasteiger partial charge in [0.1, 0.15) is 6.61 Å². The standard InChI is InChI=1S/C15H14ClNO2/c1-10-3-2-4-11(7-10)9-19-15(18)12-5-6-13(16)14(17)8-12/h2-8H,9,17H2,1H3. The Labute approximate surface area is 117 Å². The largest absolute Gasteiger partial charge is 0.457 e. The van der Waals surface area contributed by atoms with Gasteiger partial charge in [0.05, 0.1) is 16.3 Å². The summed E-state index contributed by atoms with van der Waals surface area (Å²) in [4.78, 5) is 11.8. The number of aryl methyl sites for hydroxylation is 1. The number of carbonyl (C=O) groups excluding carboxylic acids is 1. The fourth-order valence-corrected chi connectivity index (χ4v) is 1.82. The van der Waals surface area contributed by atoms with E-state index in [2.05, 4.69) is 0 Å². The van der Waals surface area contributed by atoms with Crippen molar-refractivity contribution in [1.82, 2.24) is 0 Å². The molecule has 0 radical (unpaired) electrons. The number of hydrogen-bond acceptors (Lipinski definition) is 3. The molecule has 2 aromatic rings. The molecule has 0 aliphatic rings. The van der Waals surface area contributed by atoms with E-state index in [0.717, 1.165) is 11.1 Å². The van der Waals surface area contributed by atoms with Crippen molar-refractivity contribution in [3.63, 3.8) is 0 Å². The van der Waals surface area contributed by atoms with Crippen LogP contribution in [0, 0.1) is 6.92 Å². The number of benzene rings is 2. The number of carbonyl (C=O) groups is 1. The summed E-state index contributed by atoms with van der Waals surface area (Å²) in [5, 5.41) is 0.426. The minimum Gasteiger partial charge on any atom is -0.457 e. The predicted octanol–water partition coefficient (Wildman–Crippen LogP) is 3.59. The zero-order chi connectivity index (χ0) is 13.8. The molecule has 0 amide bonds. The summed E-state index contributed by atoms with van der Waals surface area (Å²) in [5.74, 6) is -0.412. The molecular formula is C15H14ClNO2. The lowest BCUT2D eigenvalue weighted by atomic mass is 10.1. The molecule has 0 atom stereocenters. The molecule has 0 aliphatic heterocycles. The molecule has 0 heterocycles. The third-order valence-corrected chi connectivity index (χ3v) is 3.03. The van der Waals surface area contributed by atoms with Crippen molar-refractivity contribution in [2.24, 2.45) is 0 Å². The molecule has 0 saturated heterocycles. The van der Waals surface area contributed by atoms with E-state index in [4.69, 9.17) is 22.1 Å². The van der Waals surface area contributed by atoms with E-state index in [-0.39, 0.29) is 6.61 Å². The first-order valence-corrected chi connectivity index (χ1v) is 6.22. The Hall–Kier alpha value is -2.00. The van der Waals surface area contributed by atoms with Gasteiger partial charge in [-0.25, -0.2) is 4.79 Å². The van der Waals surface area contributed by atoms with E-state index in [1.807, 2.05) is 31.2 Å². The Morgan fingerprint density at radius 1 is 1.26 bits per heavy atom. The maximum absolute atomic E-state index is 11.8. The SMILES string of the molecule is Cc1cccc(COC(=O)c2ccc(Cl)c(N)c2)c1. The summed E-state index contributed by atoms with van der Waals surface area (Å²) in [6, 6.07) is 12.5. The van der Waals surface area contributed by atoms with Crippen molar-refractivity contribution in [2.45, 2.75) is 13.5 Å². The fraction of sp³-hybridized carbons (Fsp3) is 0.133. The Kier molecular flexibility index (Phi) is 4.07. The molecule has 0 saturated carbocycles. The highest BCUT2D eigenvalue weighted by Crippen LogP contribution is 2.20. The summed E-state index contributed by atoms with van der Waals surface area (Å²) in [6.07, 6.45) is 0. The van der Waals surface area contributed by atoms with Gasteiger partial charge in [-0.15, -0.1) is 0 Å². The molecule has 0 aliphatic carbocycles. The van der Waals surface area contributed by atoms with Crippen LogP contribution in [-0.2, 0) is 11.3 Å². The molecule has 19 heavy (non-hydrogen) atoms. The number of esters is 1. The lowest BCUT2D eigenvalue weighted by molar-refractivity contribution is 0.0472. The first-order valence-electron chi connectivity index (χ1n) is 5.84. The quantitative estimate of drug-likeness (QED) is 0.688. The average molecular weight is 276 g/mol. The number of anilines is 1. The second-order valence-corrected chi connectivity index (χ2v) is 4.71. The molecule has 0 fully saturated rings. The highest BCUT2D eigenvalue weighted by Gasteiger charge is 2.09. The molecule has 0 aromatic heterocycles. The van der Waals surface area contributed by atoms with Gasteiger partial charge >= 0.3 is 5.97 Å². The lowest BCUT2D eigenvalue weighted by Crippen LogP contribution is -2.06. The van der Waals surface area contributed by atoms with Gasteiger partial charge in [-0.2, -0.15) is 0 Å². The second-order valence-electron chi connectivity index (χ2n) is 4.30. The number of rotatable bonds is 3. The normalized spacial score (nSPS) is 10.2. The highest BCUT2D eigenvalue weighted by atomic mass is 35.5. The monoisotopic (exact) mass is 275 g/mol. The zero-order valence-corrected chi connectivity index (χ0v) is 11.3. The van der Waals surface area contributed by atoms with Gasteiger partial charge in [0.25, 0.3) is 0 Å². The van der Waals surface area contributed by atoms with E-state index in [9.17, 15) is 4.79 Å². The lowest BCUT2D eigenvalue weighted by Gasteiger charge is -2.06. The number of hydrogen-bond donors (Lipinski definition) is 1. The van der Waals surface area contributed by atoms with Crippen molar-refractivity contribution >= 4 is 23.3 Å². The maximum atomic E-state index is 11.8. The third kappa shape index (κ3) is 3.48. The molecule has 0 spiro atoms. The van der Waals surface area contributed by atoms with Crippen LogP contribution in [0.1, 0.15) is 21.5 Å². The summed E-state index contributed by atoms with van der Waals surface area (Å²) < 4.78 is 5.23. The average Bonchev–Trinajstić information content (AvgIpc) is 2.39. The Balaban J connectivity index is 2.03. The Morgan fingerprint density at radius 2 is 2.05 bits per heavy atom. The molecule has 4 heteroatoms. The van der Waals surface area contributed by atoms with Crippen LogP contribution >= 0.6 is 11.6 Å². The van der Waals surface area contributed by atoms with Crippen molar-refractivity contribution in [2.75, 3.05) is 5.73 Å². The maximum Gasteiger partial charge on any atom is 0.338 e. The fourth-order valence-electron chi connectivity index (χ4n) is 1.70. The molecular weight excluding hydrogens is 262 g/mol. The Morgan fingerprint density at radius 3 is 2.74 bits per heavy atom. The highest BCUT2D eigenvalue weighted by molar-refractivity contribution is 6.33. The summed E-state index contributed by atoms with van der Waals surface area (Å²) in [7, 11) is 0. The van der Waals surface area contributed by atoms with Crippen molar-refractivity contribution in [1.29, 1.82) is 0 Å². The van der Waals surface area contributed by atoms with Crippen LogP contribution in [0.5, 0.6) is 0 Å². The van der Waals surface area contributed by atoms with Gasteiger partial charge in [0, 0.05) is 0 Å². The number of halogens is 1. The van der Waals surface area contributed by atoms with Crippen LogP contribution in [0.25, 0.3) is 0 Å². The smallest absolute Gasteiger partial charge is 0.338 e. The van der Waals surface area contributed by atoms with Crippen LogP contribution in [0.3, 0.4) is 0 Å². The van der Waals surface area contributed by atoms with Gasteiger partial charge in [-0.3, -0.25) is 0 Å². The Bertz CT molecular complexity index is 611. The topological polar surface area (TPSA) is 52.3 Å². The molecule has 2 aromatic carbocycles. The summed E-state index contributed by atoms with van der Waals surface area (Å²) >= 11 is 5.80. The van der Waals surface area contributed by atoms with Gasteiger partial charge < -0.3 is 10.5 Å². The second kappa shape index (κ2) is 5.76. The van der Waals surface area contributed by atoms with Crippen LogP contribution in [0.4, 0.5) is 5.69 Å². The third-order valence-electron chi connectivity index (χ3n) is 2.68. The van der Waals surface area contributed by atoms with Gasteiger partial charge in [0.2, 0.25) is 0 Å². The molecule has 0 unspecified atom stereocenters. The van der Waals surface area contributed by atoms with Gasteiger partial charge in [0.15, 0.2) is 0 Å². The molecule has 0 bridgehead atoms. The van der Waals surface area contributed by atoms with Crippen LogP contribution in [0.2, 0.25) is 5.02 Å². The summed E-state index contributed by atoms with van der Waals surface area (Å²) in [6.45, 7) is 2.23. The molecule has 98 valence electrons. The number of ether oxygens (including phenoxy) is 1. The predicted molar refractivity (Wildman–Crippen MR) is 76.2 cm³/mol. The van der Waals surface area contributed by atoms with Crippen LogP contribution < -0.4 is 5.73 Å². The molecule has 3 nitrogen and oxygen atoms in total. The van der Waals surface area contributed by atoms with Crippen molar-refractivity contribution in [3.8, 4) is 0 Å². The first kappa shape index (κ1) is 13.4. The van der Waals surface area contributed by atoms with E-state index >= 15 is 0 Å². The number of nitrogen functional groups attached to an aromatic ring is 1. The van der Waals surface area contributed by atoms with Gasteiger partial charge in [-0.1, -0.05) is 41.4 Å².